The molecule has 0 atom stereocenters. The predicted octanol–water partition coefficient (Wildman–Crippen LogP) is 0.760. The normalized spacial score (nSPS) is 16.0. The van der Waals surface area contributed by atoms with Crippen LogP contribution in [0.2, 0.25) is 0 Å². The second-order valence-corrected chi connectivity index (χ2v) is 9.20. The maximum absolute atomic E-state index is 13.0. The average Bonchev–Trinajstić information content (AvgIpc) is 3.17. The maximum atomic E-state index is 13.0. The Morgan fingerprint density at radius 3 is 2.50 bits per heavy atom. The van der Waals surface area contributed by atoms with Crippen molar-refractivity contribution >= 4 is 27.0 Å². The second kappa shape index (κ2) is 8.55. The zero-order valence-electron chi connectivity index (χ0n) is 16.8. The summed E-state index contributed by atoms with van der Waals surface area (Å²) in [5.41, 5.74) is 2.39. The first-order chi connectivity index (χ1) is 14.5. The molecule has 0 bridgehead atoms. The van der Waals surface area contributed by atoms with Crippen molar-refractivity contribution in [2.75, 3.05) is 32.8 Å². The molecule has 2 heterocycles. The van der Waals surface area contributed by atoms with Gasteiger partial charge < -0.3 is 9.64 Å². The molecular weight excluding hydrogens is 404 g/mol. The fourth-order valence-electron chi connectivity index (χ4n) is 3.70. The molecule has 3 aromatic rings. The number of imidazole rings is 1. The van der Waals surface area contributed by atoms with Gasteiger partial charge in [0.1, 0.15) is 6.33 Å². The molecule has 8 nitrogen and oxygen atoms in total. The molecule has 0 unspecified atom stereocenters. The van der Waals surface area contributed by atoms with Gasteiger partial charge in [0.25, 0.3) is 0 Å². The van der Waals surface area contributed by atoms with E-state index in [1.807, 2.05) is 30.6 Å². The van der Waals surface area contributed by atoms with Crippen molar-refractivity contribution in [3.8, 4) is 0 Å². The van der Waals surface area contributed by atoms with E-state index in [1.54, 1.807) is 6.92 Å². The summed E-state index contributed by atoms with van der Waals surface area (Å²) >= 11 is 0. The van der Waals surface area contributed by atoms with Crippen molar-refractivity contribution in [3.05, 3.63) is 60.4 Å². The number of aromatic nitrogens is 2. The molecule has 30 heavy (non-hydrogen) atoms. The molecule has 1 fully saturated rings. The Kier molecular flexibility index (Phi) is 5.85. The van der Waals surface area contributed by atoms with Gasteiger partial charge >= 0.3 is 5.97 Å². The largest absolute Gasteiger partial charge is 0.462 e. The summed E-state index contributed by atoms with van der Waals surface area (Å²) < 4.78 is 34.5. The predicted molar refractivity (Wildman–Crippen MR) is 112 cm³/mol. The van der Waals surface area contributed by atoms with E-state index in [9.17, 15) is 13.2 Å². The standard InChI is InChI=1S/C21H24N4O4S/c1-2-29-21(26)17-7-9-18(10-8-17)30(27,28)25-13-11-23(12-14-25)16-24-15-22-19-5-3-4-6-20(19)24/h3-10,15H,2,11-14,16H2,1H3/p+1. The Bertz CT molecular complexity index is 1130. The first kappa shape index (κ1) is 20.5. The number of carbonyl (C=O) groups excluding carboxylic acids is 1. The van der Waals surface area contributed by atoms with Crippen molar-refractivity contribution in [1.82, 2.24) is 13.9 Å². The van der Waals surface area contributed by atoms with Crippen LogP contribution < -0.4 is 4.90 Å². The number of esters is 1. The van der Waals surface area contributed by atoms with E-state index in [4.69, 9.17) is 4.74 Å². The van der Waals surface area contributed by atoms with Gasteiger partial charge in [-0.1, -0.05) is 12.1 Å². The van der Waals surface area contributed by atoms with E-state index < -0.39 is 16.0 Å². The monoisotopic (exact) mass is 429 g/mol. The number of quaternary nitrogens is 1. The minimum atomic E-state index is -3.59. The number of piperazine rings is 1. The van der Waals surface area contributed by atoms with Gasteiger partial charge in [0.2, 0.25) is 10.0 Å². The number of carbonyl (C=O) groups is 1. The lowest BCUT2D eigenvalue weighted by atomic mass is 10.2. The van der Waals surface area contributed by atoms with Crippen molar-refractivity contribution in [3.63, 3.8) is 0 Å². The molecule has 0 radical (unpaired) electrons. The van der Waals surface area contributed by atoms with Crippen molar-refractivity contribution in [1.29, 1.82) is 0 Å². The molecule has 158 valence electrons. The zero-order valence-corrected chi connectivity index (χ0v) is 17.6. The number of ether oxygens (including phenoxy) is 1. The molecule has 0 saturated carbocycles. The van der Waals surface area contributed by atoms with Crippen LogP contribution in [0, 0.1) is 0 Å². The third kappa shape index (κ3) is 4.09. The van der Waals surface area contributed by atoms with Gasteiger partial charge in [0.05, 0.1) is 54.3 Å². The second-order valence-electron chi connectivity index (χ2n) is 7.26. The van der Waals surface area contributed by atoms with E-state index in [1.165, 1.54) is 33.5 Å². The molecule has 0 spiro atoms. The van der Waals surface area contributed by atoms with Crippen molar-refractivity contribution in [2.24, 2.45) is 0 Å². The first-order valence-corrected chi connectivity index (χ1v) is 11.4. The molecule has 4 rings (SSSR count). The summed E-state index contributed by atoms with van der Waals surface area (Å²) in [4.78, 5) is 17.7. The number of benzene rings is 2. The number of hydrogen-bond donors (Lipinski definition) is 1. The van der Waals surface area contributed by atoms with Crippen molar-refractivity contribution in [2.45, 2.75) is 18.5 Å². The van der Waals surface area contributed by atoms with Gasteiger partial charge in [-0.3, -0.25) is 4.57 Å². The summed E-state index contributed by atoms with van der Waals surface area (Å²) in [6.07, 6.45) is 1.84. The smallest absolute Gasteiger partial charge is 0.338 e. The molecular formula is C21H25N4O4S+. The molecule has 2 aromatic carbocycles. The van der Waals surface area contributed by atoms with Crippen LogP contribution in [-0.4, -0.2) is 61.0 Å². The van der Waals surface area contributed by atoms with Crippen LogP contribution in [-0.2, 0) is 21.4 Å². The number of nitrogens with zero attached hydrogens (tertiary/aromatic N) is 3. The molecule has 1 aromatic heterocycles. The highest BCUT2D eigenvalue weighted by atomic mass is 32.2. The van der Waals surface area contributed by atoms with Gasteiger partial charge in [-0.15, -0.1) is 0 Å². The minimum absolute atomic E-state index is 0.194. The Morgan fingerprint density at radius 1 is 1.10 bits per heavy atom. The van der Waals surface area contributed by atoms with Crippen LogP contribution in [0.4, 0.5) is 0 Å². The molecule has 0 aliphatic carbocycles. The lowest BCUT2D eigenvalue weighted by Gasteiger charge is -2.31. The Hall–Kier alpha value is -2.75. The van der Waals surface area contributed by atoms with Crippen LogP contribution in [0.1, 0.15) is 17.3 Å². The summed E-state index contributed by atoms with van der Waals surface area (Å²) in [7, 11) is -3.59. The fraction of sp³-hybridized carbons (Fsp3) is 0.333. The van der Waals surface area contributed by atoms with Crippen molar-refractivity contribution < 1.29 is 22.8 Å². The van der Waals surface area contributed by atoms with Gasteiger partial charge in [0, 0.05) is 0 Å². The Balaban J connectivity index is 1.40. The number of rotatable bonds is 6. The summed E-state index contributed by atoms with van der Waals surface area (Å²) in [6.45, 7) is 5.09. The highest BCUT2D eigenvalue weighted by Crippen LogP contribution is 2.17. The number of hydrogen-bond acceptors (Lipinski definition) is 5. The summed E-state index contributed by atoms with van der Waals surface area (Å²) in [5, 5.41) is 0. The topological polar surface area (TPSA) is 85.9 Å². The zero-order chi connectivity index (χ0) is 21.1. The molecule has 0 amide bonds. The Labute approximate surface area is 175 Å². The summed E-state index contributed by atoms with van der Waals surface area (Å²) in [6, 6.07) is 13.9. The van der Waals surface area contributed by atoms with Crippen LogP contribution in [0.3, 0.4) is 0 Å². The number of fused-ring (bicyclic) bond motifs is 1. The third-order valence-electron chi connectivity index (χ3n) is 5.35. The fourth-order valence-corrected chi connectivity index (χ4v) is 5.15. The third-order valence-corrected chi connectivity index (χ3v) is 7.27. The number of sulfonamides is 1. The first-order valence-electron chi connectivity index (χ1n) is 10.00. The van der Waals surface area contributed by atoms with Crippen LogP contribution >= 0.6 is 0 Å². The van der Waals surface area contributed by atoms with Gasteiger partial charge in [0.15, 0.2) is 6.67 Å². The summed E-state index contributed by atoms with van der Waals surface area (Å²) in [5.74, 6) is -0.453. The molecule has 1 saturated heterocycles. The van der Waals surface area contributed by atoms with E-state index in [0.717, 1.165) is 17.7 Å². The van der Waals surface area contributed by atoms with E-state index >= 15 is 0 Å². The number of nitrogens with one attached hydrogen (secondary N) is 1. The van der Waals surface area contributed by atoms with E-state index in [2.05, 4.69) is 9.55 Å². The lowest BCUT2D eigenvalue weighted by molar-refractivity contribution is -0.925. The van der Waals surface area contributed by atoms with Gasteiger partial charge in [-0.05, 0) is 43.3 Å². The van der Waals surface area contributed by atoms with E-state index in [0.29, 0.717) is 31.7 Å². The van der Waals surface area contributed by atoms with Crippen LogP contribution in [0.15, 0.2) is 59.8 Å². The molecule has 1 N–H and O–H groups in total. The average molecular weight is 430 g/mol. The highest BCUT2D eigenvalue weighted by molar-refractivity contribution is 7.89. The molecule has 1 aliphatic rings. The van der Waals surface area contributed by atoms with Crippen LogP contribution in [0.5, 0.6) is 0 Å². The SMILES string of the molecule is CCOC(=O)c1ccc(S(=O)(=O)N2CC[NH+](Cn3cnc4ccccc43)CC2)cc1. The maximum Gasteiger partial charge on any atom is 0.338 e. The molecule has 9 heteroatoms. The van der Waals surface area contributed by atoms with Gasteiger partial charge in [-0.25, -0.2) is 18.2 Å². The molecule has 1 aliphatic heterocycles. The lowest BCUT2D eigenvalue weighted by Crippen LogP contribution is -3.14. The number of para-hydroxylation sites is 2. The quantitative estimate of drug-likeness (QED) is 0.585. The highest BCUT2D eigenvalue weighted by Gasteiger charge is 2.30. The van der Waals surface area contributed by atoms with Crippen LogP contribution in [0.25, 0.3) is 11.0 Å². The minimum Gasteiger partial charge on any atom is -0.462 e. The van der Waals surface area contributed by atoms with Gasteiger partial charge in [-0.2, -0.15) is 4.31 Å². The Morgan fingerprint density at radius 2 is 1.80 bits per heavy atom. The van der Waals surface area contributed by atoms with E-state index in [-0.39, 0.29) is 11.5 Å².